The molecule has 0 bridgehead atoms. The number of hydrogen-bond donors (Lipinski definition) is 2. The van der Waals surface area contributed by atoms with Crippen molar-refractivity contribution in [1.29, 1.82) is 0 Å². The molecule has 0 spiro atoms. The van der Waals surface area contributed by atoms with Gasteiger partial charge in [0.1, 0.15) is 0 Å². The number of aromatic nitrogens is 2. The van der Waals surface area contributed by atoms with E-state index >= 15 is 0 Å². The number of benzene rings is 1. The quantitative estimate of drug-likeness (QED) is 0.770. The highest BCUT2D eigenvalue weighted by atomic mass is 16.2. The van der Waals surface area contributed by atoms with E-state index in [-0.39, 0.29) is 5.82 Å². The normalized spacial score (nSPS) is 10.9. The lowest BCUT2D eigenvalue weighted by atomic mass is 10.3. The van der Waals surface area contributed by atoms with Crippen LogP contribution in [0.3, 0.4) is 0 Å². The zero-order valence-electron chi connectivity index (χ0n) is 9.10. The van der Waals surface area contributed by atoms with Crippen molar-refractivity contribution in [1.82, 2.24) is 9.97 Å². The molecule has 0 saturated heterocycles. The van der Waals surface area contributed by atoms with Gasteiger partial charge in [0, 0.05) is 0 Å². The molecule has 0 radical (unpaired) electrons. The number of H-pyrrole nitrogens is 2. The van der Waals surface area contributed by atoms with Gasteiger partial charge in [-0.2, -0.15) is 0 Å². The first kappa shape index (κ1) is 11.0. The van der Waals surface area contributed by atoms with Gasteiger partial charge in [0.25, 0.3) is 5.56 Å². The Labute approximate surface area is 96.1 Å². The lowest BCUT2D eigenvalue weighted by Gasteiger charge is -1.96. The van der Waals surface area contributed by atoms with Crippen LogP contribution >= 0.6 is 0 Å². The van der Waals surface area contributed by atoms with Crippen molar-refractivity contribution in [3.05, 3.63) is 56.7 Å². The Morgan fingerprint density at radius 2 is 1.71 bits per heavy atom. The van der Waals surface area contributed by atoms with Gasteiger partial charge in [0.15, 0.2) is 5.82 Å². The summed E-state index contributed by atoms with van der Waals surface area (Å²) in [4.78, 5) is 26.9. The number of rotatable bonds is 2. The first-order valence-corrected chi connectivity index (χ1v) is 4.97. The highest BCUT2D eigenvalue weighted by Crippen LogP contribution is 2.15. The molecule has 1 aromatic heterocycles. The molecule has 0 saturated carbocycles. The van der Waals surface area contributed by atoms with Gasteiger partial charge in [-0.25, -0.2) is 4.79 Å². The number of aromatic amines is 2. The zero-order chi connectivity index (χ0) is 12.3. The van der Waals surface area contributed by atoms with Gasteiger partial charge in [0.05, 0.1) is 11.3 Å². The molecule has 17 heavy (non-hydrogen) atoms. The highest BCUT2D eigenvalue weighted by Gasteiger charge is 2.02. The molecule has 86 valence electrons. The van der Waals surface area contributed by atoms with E-state index < -0.39 is 11.2 Å². The van der Waals surface area contributed by atoms with E-state index in [1.165, 1.54) is 0 Å². The first-order valence-electron chi connectivity index (χ1n) is 4.97. The number of nitrogens with zero attached hydrogens (tertiary/aromatic N) is 2. The van der Waals surface area contributed by atoms with Gasteiger partial charge in [0.2, 0.25) is 0 Å². The molecule has 0 aliphatic rings. The second-order valence-electron chi connectivity index (χ2n) is 3.42. The average Bonchev–Trinajstić information content (AvgIpc) is 2.33. The van der Waals surface area contributed by atoms with Crippen LogP contribution in [0, 0.1) is 6.92 Å². The maximum atomic E-state index is 11.3. The molecule has 2 aromatic rings. The Balaban J connectivity index is 2.40. The SMILES string of the molecule is Cc1c(N=Nc2ccccc2)[nH]c(=O)[nH]c1=O. The molecule has 6 heteroatoms. The summed E-state index contributed by atoms with van der Waals surface area (Å²) < 4.78 is 0. The molecule has 0 aliphatic heterocycles. The van der Waals surface area contributed by atoms with Crippen molar-refractivity contribution < 1.29 is 0 Å². The maximum absolute atomic E-state index is 11.3. The van der Waals surface area contributed by atoms with E-state index in [4.69, 9.17) is 0 Å². The molecule has 6 nitrogen and oxygen atoms in total. The standard InChI is InChI=1S/C11H10N4O2/c1-7-9(12-11(17)13-10(7)16)15-14-8-5-3-2-4-6-8/h2-6H,1H3,(H2,12,13,16,17). The Morgan fingerprint density at radius 1 is 1.00 bits per heavy atom. The number of azo groups is 1. The summed E-state index contributed by atoms with van der Waals surface area (Å²) in [6, 6.07) is 9.04. The largest absolute Gasteiger partial charge is 0.327 e. The van der Waals surface area contributed by atoms with Gasteiger partial charge in [-0.05, 0) is 19.1 Å². The van der Waals surface area contributed by atoms with Crippen molar-refractivity contribution in [2.24, 2.45) is 10.2 Å². The van der Waals surface area contributed by atoms with Crippen molar-refractivity contribution >= 4 is 11.5 Å². The van der Waals surface area contributed by atoms with Crippen LogP contribution in [0.1, 0.15) is 5.56 Å². The summed E-state index contributed by atoms with van der Waals surface area (Å²) in [7, 11) is 0. The third kappa shape index (κ3) is 2.54. The lowest BCUT2D eigenvalue weighted by molar-refractivity contribution is 0.982. The fraction of sp³-hybridized carbons (Fsp3) is 0.0909. The molecule has 0 atom stereocenters. The van der Waals surface area contributed by atoms with Crippen LogP contribution in [0.15, 0.2) is 50.1 Å². The van der Waals surface area contributed by atoms with Crippen molar-refractivity contribution in [2.75, 3.05) is 0 Å². The third-order valence-electron chi connectivity index (χ3n) is 2.18. The lowest BCUT2D eigenvalue weighted by Crippen LogP contribution is -2.23. The smallest absolute Gasteiger partial charge is 0.290 e. The summed E-state index contributed by atoms with van der Waals surface area (Å²) in [5.74, 6) is 0.169. The molecule has 0 amide bonds. The fourth-order valence-electron chi connectivity index (χ4n) is 1.24. The first-order chi connectivity index (χ1) is 8.16. The van der Waals surface area contributed by atoms with Gasteiger partial charge < -0.3 is 0 Å². The summed E-state index contributed by atoms with van der Waals surface area (Å²) in [5.41, 5.74) is -0.0873. The van der Waals surface area contributed by atoms with Crippen LogP contribution in [-0.2, 0) is 0 Å². The maximum Gasteiger partial charge on any atom is 0.327 e. The Kier molecular flexibility index (Phi) is 2.95. The molecule has 1 heterocycles. The van der Waals surface area contributed by atoms with Crippen LogP contribution in [0.25, 0.3) is 0 Å². The van der Waals surface area contributed by atoms with Crippen molar-refractivity contribution in [2.45, 2.75) is 6.92 Å². The summed E-state index contributed by atoms with van der Waals surface area (Å²) in [5, 5.41) is 7.77. The summed E-state index contributed by atoms with van der Waals surface area (Å²) in [6.45, 7) is 1.56. The van der Waals surface area contributed by atoms with Gasteiger partial charge >= 0.3 is 5.69 Å². The Morgan fingerprint density at radius 3 is 2.41 bits per heavy atom. The number of nitrogens with one attached hydrogen (secondary N) is 2. The van der Waals surface area contributed by atoms with Crippen molar-refractivity contribution in [3.63, 3.8) is 0 Å². The van der Waals surface area contributed by atoms with Gasteiger partial charge in [-0.3, -0.25) is 14.8 Å². The molecule has 2 rings (SSSR count). The number of hydrogen-bond acceptors (Lipinski definition) is 4. The van der Waals surface area contributed by atoms with Crippen LogP contribution in [-0.4, -0.2) is 9.97 Å². The van der Waals surface area contributed by atoms with Gasteiger partial charge in [-0.15, -0.1) is 10.2 Å². The van der Waals surface area contributed by atoms with E-state index in [1.54, 1.807) is 19.1 Å². The second-order valence-corrected chi connectivity index (χ2v) is 3.42. The van der Waals surface area contributed by atoms with Crippen LogP contribution < -0.4 is 11.2 Å². The summed E-state index contributed by atoms with van der Waals surface area (Å²) in [6.07, 6.45) is 0. The van der Waals surface area contributed by atoms with Crippen molar-refractivity contribution in [3.8, 4) is 0 Å². The summed E-state index contributed by atoms with van der Waals surface area (Å²) >= 11 is 0. The van der Waals surface area contributed by atoms with Gasteiger partial charge in [-0.1, -0.05) is 18.2 Å². The van der Waals surface area contributed by atoms with E-state index in [0.29, 0.717) is 11.3 Å². The average molecular weight is 230 g/mol. The zero-order valence-corrected chi connectivity index (χ0v) is 9.10. The monoisotopic (exact) mass is 230 g/mol. The van der Waals surface area contributed by atoms with Crippen LogP contribution in [0.2, 0.25) is 0 Å². The molecule has 0 unspecified atom stereocenters. The Bertz CT molecular complexity index is 655. The third-order valence-corrected chi connectivity index (χ3v) is 2.18. The second kappa shape index (κ2) is 4.56. The molecule has 0 fully saturated rings. The van der Waals surface area contributed by atoms with E-state index in [1.807, 2.05) is 18.2 Å². The minimum atomic E-state index is -0.595. The molecular weight excluding hydrogens is 220 g/mol. The van der Waals surface area contributed by atoms with E-state index in [2.05, 4.69) is 20.2 Å². The molecule has 1 aromatic carbocycles. The van der Waals surface area contributed by atoms with E-state index in [9.17, 15) is 9.59 Å². The predicted molar refractivity (Wildman–Crippen MR) is 63.0 cm³/mol. The minimum absolute atomic E-state index is 0.169. The molecule has 0 aliphatic carbocycles. The van der Waals surface area contributed by atoms with E-state index in [0.717, 1.165) is 0 Å². The topological polar surface area (TPSA) is 90.4 Å². The fourth-order valence-corrected chi connectivity index (χ4v) is 1.24. The minimum Gasteiger partial charge on any atom is -0.290 e. The highest BCUT2D eigenvalue weighted by molar-refractivity contribution is 5.38. The van der Waals surface area contributed by atoms with Crippen LogP contribution in [0.4, 0.5) is 11.5 Å². The molecule has 2 N–H and O–H groups in total. The Hall–Kier alpha value is -2.50. The van der Waals surface area contributed by atoms with Crippen LogP contribution in [0.5, 0.6) is 0 Å². The molecular formula is C11H10N4O2. The predicted octanol–water partition coefficient (Wildman–Crippen LogP) is 1.79.